The summed E-state index contributed by atoms with van der Waals surface area (Å²) in [4.78, 5) is 0. The fraction of sp³-hybridized carbons (Fsp3) is 0.400. The normalized spacial score (nSPS) is 13.4. The van der Waals surface area contributed by atoms with Gasteiger partial charge in [0.2, 0.25) is 0 Å². The Bertz CT molecular complexity index is 336. The molecule has 0 aromatic heterocycles. The molecule has 78 valence electrons. The monoisotopic (exact) mass is 251 g/mol. The SMILES string of the molecule is CC(C)[C@@H](N)c1ccc(Cl)c(Cl)c1Cl. The molecular formula is C10H12Cl3N. The van der Waals surface area contributed by atoms with E-state index in [1.165, 1.54) is 0 Å². The molecule has 0 unspecified atom stereocenters. The zero-order chi connectivity index (χ0) is 10.9. The van der Waals surface area contributed by atoms with E-state index in [1.54, 1.807) is 6.07 Å². The largest absolute Gasteiger partial charge is 0.324 e. The molecule has 0 fully saturated rings. The lowest BCUT2D eigenvalue weighted by molar-refractivity contribution is 0.514. The Kier molecular flexibility index (Phi) is 4.08. The summed E-state index contributed by atoms with van der Waals surface area (Å²) in [7, 11) is 0. The van der Waals surface area contributed by atoms with E-state index in [0.29, 0.717) is 21.0 Å². The van der Waals surface area contributed by atoms with Gasteiger partial charge in [-0.15, -0.1) is 0 Å². The molecule has 0 heterocycles. The molecule has 1 rings (SSSR count). The smallest absolute Gasteiger partial charge is 0.0781 e. The summed E-state index contributed by atoms with van der Waals surface area (Å²) >= 11 is 17.8. The summed E-state index contributed by atoms with van der Waals surface area (Å²) in [6.07, 6.45) is 0. The molecule has 1 nitrogen and oxygen atoms in total. The third-order valence-electron chi connectivity index (χ3n) is 2.14. The van der Waals surface area contributed by atoms with Crippen molar-refractivity contribution in [2.24, 2.45) is 11.7 Å². The highest BCUT2D eigenvalue weighted by molar-refractivity contribution is 6.48. The van der Waals surface area contributed by atoms with Crippen molar-refractivity contribution >= 4 is 34.8 Å². The minimum absolute atomic E-state index is 0.114. The van der Waals surface area contributed by atoms with Crippen LogP contribution in [0.4, 0.5) is 0 Å². The Labute approximate surface area is 99.1 Å². The molecule has 2 N–H and O–H groups in total. The van der Waals surface area contributed by atoms with Crippen LogP contribution in [0.5, 0.6) is 0 Å². The summed E-state index contributed by atoms with van der Waals surface area (Å²) in [5.41, 5.74) is 6.81. The minimum Gasteiger partial charge on any atom is -0.324 e. The van der Waals surface area contributed by atoms with E-state index in [0.717, 1.165) is 5.56 Å². The fourth-order valence-electron chi connectivity index (χ4n) is 1.16. The third kappa shape index (κ3) is 2.34. The van der Waals surface area contributed by atoms with E-state index in [-0.39, 0.29) is 6.04 Å². The van der Waals surface area contributed by atoms with E-state index in [2.05, 4.69) is 0 Å². The van der Waals surface area contributed by atoms with Gasteiger partial charge in [0.1, 0.15) is 0 Å². The molecule has 0 spiro atoms. The van der Waals surface area contributed by atoms with Crippen LogP contribution < -0.4 is 5.73 Å². The van der Waals surface area contributed by atoms with Crippen molar-refractivity contribution in [3.63, 3.8) is 0 Å². The van der Waals surface area contributed by atoms with Gasteiger partial charge < -0.3 is 5.73 Å². The molecule has 0 aliphatic carbocycles. The molecule has 0 radical (unpaired) electrons. The van der Waals surface area contributed by atoms with Crippen molar-refractivity contribution in [2.45, 2.75) is 19.9 Å². The maximum Gasteiger partial charge on any atom is 0.0781 e. The van der Waals surface area contributed by atoms with Crippen molar-refractivity contribution in [1.29, 1.82) is 0 Å². The molecule has 4 heteroatoms. The van der Waals surface area contributed by atoms with E-state index >= 15 is 0 Å². The first-order valence-corrected chi connectivity index (χ1v) is 5.47. The molecule has 0 aliphatic heterocycles. The van der Waals surface area contributed by atoms with E-state index < -0.39 is 0 Å². The van der Waals surface area contributed by atoms with E-state index in [4.69, 9.17) is 40.5 Å². The van der Waals surface area contributed by atoms with Gasteiger partial charge in [-0.3, -0.25) is 0 Å². The summed E-state index contributed by atoms with van der Waals surface area (Å²) in [5, 5.41) is 1.29. The second-order valence-electron chi connectivity index (χ2n) is 3.53. The van der Waals surface area contributed by atoms with Crippen LogP contribution in [0.25, 0.3) is 0 Å². The Hall–Kier alpha value is 0.0500. The highest BCUT2D eigenvalue weighted by atomic mass is 35.5. The van der Waals surface area contributed by atoms with Crippen LogP contribution in [-0.4, -0.2) is 0 Å². The van der Waals surface area contributed by atoms with Gasteiger partial charge in [0.05, 0.1) is 15.1 Å². The van der Waals surface area contributed by atoms with Crippen LogP contribution >= 0.6 is 34.8 Å². The average molecular weight is 253 g/mol. The molecule has 0 saturated heterocycles. The number of halogens is 3. The summed E-state index contributed by atoms with van der Waals surface area (Å²) in [6.45, 7) is 4.06. The van der Waals surface area contributed by atoms with Gasteiger partial charge in [0.15, 0.2) is 0 Å². The quantitative estimate of drug-likeness (QED) is 0.780. The number of nitrogens with two attached hydrogens (primary N) is 1. The number of benzene rings is 1. The first-order valence-electron chi connectivity index (χ1n) is 4.34. The molecule has 0 bridgehead atoms. The number of hydrogen-bond donors (Lipinski definition) is 1. The van der Waals surface area contributed by atoms with Gasteiger partial charge >= 0.3 is 0 Å². The van der Waals surface area contributed by atoms with Crippen LogP contribution in [0, 0.1) is 5.92 Å². The van der Waals surface area contributed by atoms with Crippen LogP contribution in [0.2, 0.25) is 15.1 Å². The Morgan fingerprint density at radius 3 is 2.14 bits per heavy atom. The molecule has 1 aromatic carbocycles. The van der Waals surface area contributed by atoms with Gasteiger partial charge in [-0.05, 0) is 17.5 Å². The van der Waals surface area contributed by atoms with Gasteiger partial charge in [-0.25, -0.2) is 0 Å². The lowest BCUT2D eigenvalue weighted by atomic mass is 9.97. The van der Waals surface area contributed by atoms with Crippen LogP contribution in [-0.2, 0) is 0 Å². The number of rotatable bonds is 2. The Morgan fingerprint density at radius 2 is 1.64 bits per heavy atom. The van der Waals surface area contributed by atoms with Gasteiger partial charge in [-0.2, -0.15) is 0 Å². The molecule has 0 amide bonds. The second kappa shape index (κ2) is 4.71. The minimum atomic E-state index is -0.114. The first-order chi connectivity index (χ1) is 6.45. The molecule has 1 aromatic rings. The standard InChI is InChI=1S/C10H12Cl3N/c1-5(2)10(14)6-3-4-7(11)9(13)8(6)12/h3-5,10H,14H2,1-2H3/t10-/m1/s1. The average Bonchev–Trinajstić information content (AvgIpc) is 2.13. The van der Waals surface area contributed by atoms with Crippen molar-refractivity contribution < 1.29 is 0 Å². The highest BCUT2D eigenvalue weighted by Crippen LogP contribution is 2.36. The summed E-state index contributed by atoms with van der Waals surface area (Å²) < 4.78 is 0. The summed E-state index contributed by atoms with van der Waals surface area (Å²) in [5.74, 6) is 0.310. The van der Waals surface area contributed by atoms with Crippen molar-refractivity contribution in [2.75, 3.05) is 0 Å². The maximum atomic E-state index is 6.04. The molecular weight excluding hydrogens is 240 g/mol. The predicted molar refractivity (Wildman–Crippen MR) is 63.2 cm³/mol. The zero-order valence-corrected chi connectivity index (χ0v) is 10.3. The second-order valence-corrected chi connectivity index (χ2v) is 4.70. The molecule has 0 saturated carbocycles. The molecule has 14 heavy (non-hydrogen) atoms. The zero-order valence-electron chi connectivity index (χ0n) is 8.02. The van der Waals surface area contributed by atoms with Crippen molar-refractivity contribution in [3.05, 3.63) is 32.8 Å². The molecule has 1 atom stereocenters. The Balaban J connectivity index is 3.17. The van der Waals surface area contributed by atoms with Crippen LogP contribution in [0.15, 0.2) is 12.1 Å². The van der Waals surface area contributed by atoms with Gasteiger partial charge in [-0.1, -0.05) is 54.7 Å². The van der Waals surface area contributed by atoms with Gasteiger partial charge in [0, 0.05) is 6.04 Å². The van der Waals surface area contributed by atoms with Crippen molar-refractivity contribution in [1.82, 2.24) is 0 Å². The van der Waals surface area contributed by atoms with Crippen LogP contribution in [0.3, 0.4) is 0 Å². The summed E-state index contributed by atoms with van der Waals surface area (Å²) in [6, 6.07) is 3.42. The van der Waals surface area contributed by atoms with Crippen molar-refractivity contribution in [3.8, 4) is 0 Å². The first kappa shape index (κ1) is 12.1. The number of hydrogen-bond acceptors (Lipinski definition) is 1. The Morgan fingerprint density at radius 1 is 1.07 bits per heavy atom. The van der Waals surface area contributed by atoms with Gasteiger partial charge in [0.25, 0.3) is 0 Å². The third-order valence-corrected chi connectivity index (χ3v) is 3.45. The lowest BCUT2D eigenvalue weighted by Gasteiger charge is -2.18. The highest BCUT2D eigenvalue weighted by Gasteiger charge is 2.16. The predicted octanol–water partition coefficient (Wildman–Crippen LogP) is 4.30. The molecule has 0 aliphatic rings. The van der Waals surface area contributed by atoms with E-state index in [1.807, 2.05) is 19.9 Å². The van der Waals surface area contributed by atoms with Crippen LogP contribution in [0.1, 0.15) is 25.5 Å². The van der Waals surface area contributed by atoms with E-state index in [9.17, 15) is 0 Å². The lowest BCUT2D eigenvalue weighted by Crippen LogP contribution is -2.17. The topological polar surface area (TPSA) is 26.0 Å². The fourth-order valence-corrected chi connectivity index (χ4v) is 1.83. The maximum absolute atomic E-state index is 6.04.